The molecule has 0 aliphatic carbocycles. The van der Waals surface area contributed by atoms with Gasteiger partial charge in [0.2, 0.25) is 0 Å². The van der Waals surface area contributed by atoms with Crippen molar-refractivity contribution in [3.8, 4) is 11.5 Å². The highest BCUT2D eigenvalue weighted by atomic mass is 16.5. The Labute approximate surface area is 167 Å². The van der Waals surface area contributed by atoms with Crippen molar-refractivity contribution in [2.24, 2.45) is 4.99 Å². The van der Waals surface area contributed by atoms with Crippen LogP contribution in [0.1, 0.15) is 31.9 Å². The molecule has 0 saturated carbocycles. The molecule has 0 fully saturated rings. The predicted molar refractivity (Wildman–Crippen MR) is 114 cm³/mol. The van der Waals surface area contributed by atoms with E-state index in [4.69, 9.17) is 14.2 Å². The molecule has 0 unspecified atom stereocenters. The van der Waals surface area contributed by atoms with E-state index in [1.54, 1.807) is 21.3 Å². The van der Waals surface area contributed by atoms with Gasteiger partial charge in [0.25, 0.3) is 0 Å². The molecular formula is C22H31N3O3. The number of ether oxygens (including phenoxy) is 3. The number of aliphatic imine (C=N–C) groups is 1. The monoisotopic (exact) mass is 385 g/mol. The van der Waals surface area contributed by atoms with Gasteiger partial charge in [0.15, 0.2) is 17.5 Å². The van der Waals surface area contributed by atoms with Crippen LogP contribution in [0.5, 0.6) is 11.5 Å². The van der Waals surface area contributed by atoms with Crippen LogP contribution in [-0.4, -0.2) is 32.8 Å². The lowest BCUT2D eigenvalue weighted by atomic mass is 10.1. The fraction of sp³-hybridized carbons (Fsp3) is 0.409. The Morgan fingerprint density at radius 1 is 0.964 bits per heavy atom. The number of guanidine groups is 1. The van der Waals surface area contributed by atoms with E-state index < -0.39 is 0 Å². The minimum atomic E-state index is -0.153. The second kappa shape index (κ2) is 9.99. The van der Waals surface area contributed by atoms with E-state index in [1.807, 2.05) is 24.3 Å². The average Bonchev–Trinajstić information content (AvgIpc) is 2.69. The largest absolute Gasteiger partial charge is 0.493 e. The lowest BCUT2D eigenvalue weighted by molar-refractivity contribution is -0.0149. The molecule has 0 radical (unpaired) electrons. The predicted octanol–water partition coefficient (Wildman–Crippen LogP) is 4.21. The first-order valence-corrected chi connectivity index (χ1v) is 9.26. The van der Waals surface area contributed by atoms with Gasteiger partial charge >= 0.3 is 0 Å². The Hall–Kier alpha value is -2.73. The van der Waals surface area contributed by atoms with Gasteiger partial charge in [0.05, 0.1) is 26.4 Å². The summed E-state index contributed by atoms with van der Waals surface area (Å²) in [4.78, 5) is 4.29. The number of nitrogens with one attached hydrogen (secondary N) is 2. The normalized spacial score (nSPS) is 11.9. The van der Waals surface area contributed by atoms with Gasteiger partial charge in [-0.1, -0.05) is 24.3 Å². The van der Waals surface area contributed by atoms with E-state index >= 15 is 0 Å². The summed E-state index contributed by atoms with van der Waals surface area (Å²) in [5.41, 5.74) is 3.01. The molecule has 6 heteroatoms. The Morgan fingerprint density at radius 2 is 1.68 bits per heavy atom. The lowest BCUT2D eigenvalue weighted by Crippen LogP contribution is -2.30. The lowest BCUT2D eigenvalue weighted by Gasteiger charge is -2.20. The molecule has 0 aromatic heterocycles. The third kappa shape index (κ3) is 6.78. The molecule has 152 valence electrons. The van der Waals surface area contributed by atoms with Gasteiger partial charge in [-0.25, -0.2) is 0 Å². The van der Waals surface area contributed by atoms with Crippen LogP contribution in [0, 0.1) is 0 Å². The van der Waals surface area contributed by atoms with Gasteiger partial charge in [-0.3, -0.25) is 4.99 Å². The molecule has 0 atom stereocenters. The third-order valence-corrected chi connectivity index (χ3v) is 3.99. The van der Waals surface area contributed by atoms with Crippen LogP contribution >= 0.6 is 0 Å². The van der Waals surface area contributed by atoms with Gasteiger partial charge in [0, 0.05) is 25.3 Å². The zero-order valence-corrected chi connectivity index (χ0v) is 17.6. The summed E-state index contributed by atoms with van der Waals surface area (Å²) < 4.78 is 16.5. The first-order chi connectivity index (χ1) is 13.3. The maximum absolute atomic E-state index is 5.86. The van der Waals surface area contributed by atoms with Crippen LogP contribution in [0.3, 0.4) is 0 Å². The molecule has 0 amide bonds. The fourth-order valence-electron chi connectivity index (χ4n) is 2.54. The minimum Gasteiger partial charge on any atom is -0.493 e. The first kappa shape index (κ1) is 21.6. The van der Waals surface area contributed by atoms with E-state index in [1.165, 1.54) is 0 Å². The van der Waals surface area contributed by atoms with E-state index in [2.05, 4.69) is 54.6 Å². The molecule has 2 N–H and O–H groups in total. The van der Waals surface area contributed by atoms with E-state index in [0.29, 0.717) is 30.6 Å². The molecule has 2 rings (SSSR count). The summed E-state index contributed by atoms with van der Waals surface area (Å²) in [7, 11) is 4.97. The van der Waals surface area contributed by atoms with Gasteiger partial charge in [-0.05, 0) is 44.0 Å². The molecule has 0 saturated heterocycles. The summed E-state index contributed by atoms with van der Waals surface area (Å²) in [5.74, 6) is 2.02. The van der Waals surface area contributed by atoms with Crippen molar-refractivity contribution in [1.29, 1.82) is 0 Å². The zero-order chi connectivity index (χ0) is 20.6. The van der Waals surface area contributed by atoms with Crippen LogP contribution in [0.25, 0.3) is 0 Å². The van der Waals surface area contributed by atoms with Crippen LogP contribution < -0.4 is 20.1 Å². The Bertz CT molecular complexity index is 798. The van der Waals surface area contributed by atoms with Crippen molar-refractivity contribution >= 4 is 11.6 Å². The maximum Gasteiger partial charge on any atom is 0.195 e. The van der Waals surface area contributed by atoms with Gasteiger partial charge in [0.1, 0.15) is 0 Å². The van der Waals surface area contributed by atoms with Gasteiger partial charge in [-0.15, -0.1) is 0 Å². The quantitative estimate of drug-likeness (QED) is 0.552. The van der Waals surface area contributed by atoms with Crippen LogP contribution in [0.4, 0.5) is 5.69 Å². The molecule has 2 aromatic rings. The number of hydrogen-bond donors (Lipinski definition) is 2. The number of hydrogen-bond acceptors (Lipinski definition) is 4. The SMILES string of the molecule is CN=C(NCc1cccc(COC(C)(C)C)c1)Nc1ccc(OC)c(OC)c1. The minimum absolute atomic E-state index is 0.153. The van der Waals surface area contributed by atoms with Gasteiger partial charge in [-0.2, -0.15) is 0 Å². The van der Waals surface area contributed by atoms with E-state index in [9.17, 15) is 0 Å². The van der Waals surface area contributed by atoms with Crippen molar-refractivity contribution in [2.75, 3.05) is 26.6 Å². The van der Waals surface area contributed by atoms with Crippen molar-refractivity contribution in [1.82, 2.24) is 5.32 Å². The number of nitrogens with zero attached hydrogens (tertiary/aromatic N) is 1. The smallest absolute Gasteiger partial charge is 0.195 e. The molecule has 2 aromatic carbocycles. The number of benzene rings is 2. The Morgan fingerprint density at radius 3 is 2.32 bits per heavy atom. The Kier molecular flexibility index (Phi) is 7.70. The second-order valence-electron chi connectivity index (χ2n) is 7.34. The zero-order valence-electron chi connectivity index (χ0n) is 17.6. The molecule has 0 bridgehead atoms. The second-order valence-corrected chi connectivity index (χ2v) is 7.34. The molecule has 0 aliphatic heterocycles. The van der Waals surface area contributed by atoms with Gasteiger partial charge < -0.3 is 24.8 Å². The standard InChI is InChI=1S/C22H31N3O3/c1-22(2,3)28-15-17-9-7-8-16(12-17)14-24-21(23-4)25-18-10-11-19(26-5)20(13-18)27-6/h7-13H,14-15H2,1-6H3,(H2,23,24,25). The fourth-order valence-corrected chi connectivity index (χ4v) is 2.54. The highest BCUT2D eigenvalue weighted by Crippen LogP contribution is 2.29. The molecule has 6 nitrogen and oxygen atoms in total. The van der Waals surface area contributed by atoms with Crippen LogP contribution in [0.2, 0.25) is 0 Å². The van der Waals surface area contributed by atoms with Crippen molar-refractivity contribution in [3.63, 3.8) is 0 Å². The van der Waals surface area contributed by atoms with Crippen LogP contribution in [0.15, 0.2) is 47.5 Å². The molecule has 0 spiro atoms. The Balaban J connectivity index is 1.97. The number of methoxy groups -OCH3 is 2. The number of anilines is 1. The van der Waals surface area contributed by atoms with Crippen molar-refractivity contribution < 1.29 is 14.2 Å². The summed E-state index contributed by atoms with van der Waals surface area (Å²) in [6, 6.07) is 14.0. The summed E-state index contributed by atoms with van der Waals surface area (Å²) >= 11 is 0. The maximum atomic E-state index is 5.86. The summed E-state index contributed by atoms with van der Waals surface area (Å²) in [5, 5.41) is 6.59. The summed E-state index contributed by atoms with van der Waals surface area (Å²) in [6.07, 6.45) is 0. The highest BCUT2D eigenvalue weighted by molar-refractivity contribution is 5.93. The van der Waals surface area contributed by atoms with E-state index in [0.717, 1.165) is 16.8 Å². The van der Waals surface area contributed by atoms with E-state index in [-0.39, 0.29) is 5.60 Å². The number of rotatable bonds is 7. The van der Waals surface area contributed by atoms with Crippen molar-refractivity contribution in [2.45, 2.75) is 39.5 Å². The van der Waals surface area contributed by atoms with Crippen LogP contribution in [-0.2, 0) is 17.9 Å². The average molecular weight is 386 g/mol. The molecular weight excluding hydrogens is 354 g/mol. The highest BCUT2D eigenvalue weighted by Gasteiger charge is 2.10. The molecule has 0 heterocycles. The van der Waals surface area contributed by atoms with Crippen molar-refractivity contribution in [3.05, 3.63) is 53.6 Å². The summed E-state index contributed by atoms with van der Waals surface area (Å²) in [6.45, 7) is 7.42. The topological polar surface area (TPSA) is 64.1 Å². The first-order valence-electron chi connectivity index (χ1n) is 9.26. The molecule has 0 aliphatic rings. The third-order valence-electron chi connectivity index (χ3n) is 3.99. The molecule has 28 heavy (non-hydrogen) atoms.